The van der Waals surface area contributed by atoms with Crippen LogP contribution >= 0.6 is 46.6 Å². The zero-order chi connectivity index (χ0) is 26.9. The van der Waals surface area contributed by atoms with Crippen LogP contribution in [-0.2, 0) is 21.5 Å². The molecular weight excluding hydrogens is 588 g/mol. The van der Waals surface area contributed by atoms with Crippen molar-refractivity contribution in [3.8, 4) is 11.5 Å². The van der Waals surface area contributed by atoms with Gasteiger partial charge in [-0.2, -0.15) is 8.42 Å². The van der Waals surface area contributed by atoms with Crippen molar-refractivity contribution < 1.29 is 31.3 Å². The fourth-order valence-electron chi connectivity index (χ4n) is 3.29. The summed E-state index contributed by atoms with van der Waals surface area (Å²) < 4.78 is 50.0. The third-order valence-corrected chi connectivity index (χ3v) is 8.13. The minimum Gasteiger partial charge on any atom is -0.493 e. The zero-order valence-electron chi connectivity index (χ0n) is 18.7. The summed E-state index contributed by atoms with van der Waals surface area (Å²) in [5, 5.41) is -0.299. The molecule has 2 amide bonds. The van der Waals surface area contributed by atoms with Crippen molar-refractivity contribution in [1.29, 1.82) is 0 Å². The smallest absolute Gasteiger partial charge is 0.339 e. The van der Waals surface area contributed by atoms with Crippen LogP contribution in [0, 0.1) is 5.82 Å². The number of methoxy groups -OCH3 is 1. The van der Waals surface area contributed by atoms with E-state index in [1.54, 1.807) is 0 Å². The maximum Gasteiger partial charge on any atom is 0.339 e. The van der Waals surface area contributed by atoms with Crippen LogP contribution in [0.5, 0.6) is 11.5 Å². The van der Waals surface area contributed by atoms with E-state index in [0.29, 0.717) is 22.3 Å². The Balaban J connectivity index is 1.61. The first kappa shape index (κ1) is 27.3. The van der Waals surface area contributed by atoms with Gasteiger partial charge in [0.25, 0.3) is 11.1 Å². The van der Waals surface area contributed by atoms with Gasteiger partial charge >= 0.3 is 10.1 Å². The van der Waals surface area contributed by atoms with Crippen molar-refractivity contribution >= 4 is 73.9 Å². The molecule has 0 bridgehead atoms. The molecule has 1 aliphatic rings. The summed E-state index contributed by atoms with van der Waals surface area (Å²) >= 11 is 18.8. The Bertz CT molecular complexity index is 1520. The number of thioether (sulfide) groups is 1. The molecule has 4 rings (SSSR count). The lowest BCUT2D eigenvalue weighted by Crippen LogP contribution is -2.28. The minimum absolute atomic E-state index is 0.0147. The molecular formula is C24H15Cl3FNO6S2. The van der Waals surface area contributed by atoms with E-state index in [9.17, 15) is 22.4 Å². The van der Waals surface area contributed by atoms with Crippen molar-refractivity contribution in [2.24, 2.45) is 0 Å². The summed E-state index contributed by atoms with van der Waals surface area (Å²) in [6.07, 6.45) is 1.37. The summed E-state index contributed by atoms with van der Waals surface area (Å²) in [6.45, 7) is -0.340. The van der Waals surface area contributed by atoms with Gasteiger partial charge in [-0.25, -0.2) is 4.39 Å². The van der Waals surface area contributed by atoms with Crippen molar-refractivity contribution in [2.75, 3.05) is 7.11 Å². The maximum absolute atomic E-state index is 14.2. The third-order valence-electron chi connectivity index (χ3n) is 5.10. The molecule has 1 heterocycles. The highest BCUT2D eigenvalue weighted by molar-refractivity contribution is 8.18. The Hall–Kier alpha value is -2.76. The van der Waals surface area contributed by atoms with E-state index in [4.69, 9.17) is 43.7 Å². The van der Waals surface area contributed by atoms with E-state index in [-0.39, 0.29) is 43.5 Å². The number of nitrogens with zero attached hydrogens (tertiary/aromatic N) is 1. The molecule has 0 unspecified atom stereocenters. The number of rotatable bonds is 7. The lowest BCUT2D eigenvalue weighted by Gasteiger charge is -2.14. The zero-order valence-corrected chi connectivity index (χ0v) is 22.6. The summed E-state index contributed by atoms with van der Waals surface area (Å²) in [4.78, 5) is 26.1. The predicted molar refractivity (Wildman–Crippen MR) is 140 cm³/mol. The number of ether oxygens (including phenoxy) is 1. The Kier molecular flexibility index (Phi) is 8.05. The SMILES string of the molecule is COc1cc(/C=C2\SC(=O)N(Cc3c(F)cccc3Cl)C2=O)cc(Cl)c1OS(=O)(=O)c1ccc(Cl)cc1. The molecule has 3 aromatic rings. The topological polar surface area (TPSA) is 90.0 Å². The summed E-state index contributed by atoms with van der Waals surface area (Å²) in [6, 6.07) is 12.1. The van der Waals surface area contributed by atoms with Crippen molar-refractivity contribution in [3.05, 3.63) is 91.5 Å². The molecule has 0 N–H and O–H groups in total. The Morgan fingerprint density at radius 1 is 1.03 bits per heavy atom. The molecule has 7 nitrogen and oxygen atoms in total. The second kappa shape index (κ2) is 10.9. The highest BCUT2D eigenvalue weighted by Gasteiger charge is 2.36. The first-order chi connectivity index (χ1) is 17.5. The molecule has 1 saturated heterocycles. The van der Waals surface area contributed by atoms with Gasteiger partial charge < -0.3 is 8.92 Å². The first-order valence-corrected chi connectivity index (χ1v) is 13.6. The highest BCUT2D eigenvalue weighted by atomic mass is 35.5. The molecule has 1 aliphatic heterocycles. The minimum atomic E-state index is -4.27. The summed E-state index contributed by atoms with van der Waals surface area (Å²) in [5.41, 5.74) is 0.341. The van der Waals surface area contributed by atoms with Gasteiger partial charge in [0.05, 0.1) is 23.6 Å². The van der Waals surface area contributed by atoms with Crippen LogP contribution in [0.15, 0.2) is 64.4 Å². The second-order valence-corrected chi connectivity index (χ2v) is 11.3. The van der Waals surface area contributed by atoms with Crippen LogP contribution in [0.1, 0.15) is 11.1 Å². The Morgan fingerprint density at radius 2 is 1.73 bits per heavy atom. The van der Waals surface area contributed by atoms with Crippen LogP contribution in [0.4, 0.5) is 9.18 Å². The molecule has 37 heavy (non-hydrogen) atoms. The lowest BCUT2D eigenvalue weighted by atomic mass is 10.1. The summed E-state index contributed by atoms with van der Waals surface area (Å²) in [5.74, 6) is -1.60. The normalized spacial score (nSPS) is 14.9. The van der Waals surface area contributed by atoms with Gasteiger partial charge in [0.1, 0.15) is 10.7 Å². The monoisotopic (exact) mass is 601 g/mol. The second-order valence-electron chi connectivity index (χ2n) is 7.49. The van der Waals surface area contributed by atoms with Gasteiger partial charge in [-0.15, -0.1) is 0 Å². The molecule has 13 heteroatoms. The molecule has 0 spiro atoms. The van der Waals surface area contributed by atoms with E-state index < -0.39 is 27.1 Å². The standard InChI is InChI=1S/C24H15Cl3FNO6S2/c1-34-20-10-13(9-18(27)22(20)35-37(32,33)15-7-5-14(25)6-8-15)11-21-23(30)29(24(31)36-21)12-16-17(26)3-2-4-19(16)28/h2-11H,12H2,1H3/b21-11-. The number of halogens is 4. The van der Waals surface area contributed by atoms with Crippen molar-refractivity contribution in [1.82, 2.24) is 4.90 Å². The van der Waals surface area contributed by atoms with Crippen molar-refractivity contribution in [3.63, 3.8) is 0 Å². The number of carbonyl (C=O) groups excluding carboxylic acids is 2. The molecule has 0 aliphatic carbocycles. The third kappa shape index (κ3) is 5.89. The Labute approximate surface area is 230 Å². The van der Waals surface area contributed by atoms with Crippen LogP contribution in [0.25, 0.3) is 6.08 Å². The molecule has 0 radical (unpaired) electrons. The average molecular weight is 603 g/mol. The lowest BCUT2D eigenvalue weighted by molar-refractivity contribution is -0.123. The van der Waals surface area contributed by atoms with Crippen LogP contribution in [0.2, 0.25) is 15.1 Å². The van der Waals surface area contributed by atoms with E-state index in [2.05, 4.69) is 0 Å². The average Bonchev–Trinajstić information content (AvgIpc) is 3.10. The van der Waals surface area contributed by atoms with Gasteiger partial charge in [0.2, 0.25) is 5.75 Å². The van der Waals surface area contributed by atoms with E-state index in [1.165, 1.54) is 67.8 Å². The van der Waals surface area contributed by atoms with Crippen molar-refractivity contribution in [2.45, 2.75) is 11.4 Å². The summed E-state index contributed by atoms with van der Waals surface area (Å²) in [7, 11) is -2.99. The van der Waals surface area contributed by atoms with Crippen LogP contribution in [-0.4, -0.2) is 31.6 Å². The number of hydrogen-bond donors (Lipinski definition) is 0. The maximum atomic E-state index is 14.2. The molecule has 0 aromatic heterocycles. The van der Waals surface area contributed by atoms with Gasteiger partial charge in [-0.05, 0) is 71.9 Å². The molecule has 3 aromatic carbocycles. The molecule has 1 fully saturated rings. The van der Waals surface area contributed by atoms with Gasteiger partial charge in [0.15, 0.2) is 5.75 Å². The van der Waals surface area contributed by atoms with E-state index in [0.717, 1.165) is 4.90 Å². The molecule has 192 valence electrons. The van der Waals surface area contributed by atoms with Gasteiger partial charge in [0, 0.05) is 15.6 Å². The fourth-order valence-corrected chi connectivity index (χ4v) is 5.74. The largest absolute Gasteiger partial charge is 0.493 e. The number of hydrogen-bond acceptors (Lipinski definition) is 7. The van der Waals surface area contributed by atoms with Crippen LogP contribution in [0.3, 0.4) is 0 Å². The number of carbonyl (C=O) groups is 2. The predicted octanol–water partition coefficient (Wildman–Crippen LogP) is 6.80. The molecule has 0 atom stereocenters. The van der Waals surface area contributed by atoms with Crippen LogP contribution < -0.4 is 8.92 Å². The first-order valence-electron chi connectivity index (χ1n) is 10.3. The number of amides is 2. The van der Waals surface area contributed by atoms with E-state index >= 15 is 0 Å². The quantitative estimate of drug-likeness (QED) is 0.217. The van der Waals surface area contributed by atoms with E-state index in [1.807, 2.05) is 0 Å². The highest BCUT2D eigenvalue weighted by Crippen LogP contribution is 2.40. The number of benzene rings is 3. The fraction of sp³-hybridized carbons (Fsp3) is 0.0833. The van der Waals surface area contributed by atoms with Gasteiger partial charge in [-0.1, -0.05) is 40.9 Å². The molecule has 0 saturated carbocycles. The Morgan fingerprint density at radius 3 is 2.38 bits per heavy atom. The van der Waals surface area contributed by atoms with Gasteiger partial charge in [-0.3, -0.25) is 14.5 Å². The number of imide groups is 1.